The molecular weight excluding hydrogens is 364 g/mol. The second-order valence-electron chi connectivity index (χ2n) is 8.93. The quantitative estimate of drug-likeness (QED) is 0.803. The maximum absolute atomic E-state index is 13.0. The van der Waals surface area contributed by atoms with E-state index in [2.05, 4.69) is 39.2 Å². The summed E-state index contributed by atoms with van der Waals surface area (Å²) in [6.45, 7) is 2.80. The number of carbonyl (C=O) groups excluding carboxylic acids is 1. The first-order chi connectivity index (χ1) is 14.1. The van der Waals surface area contributed by atoms with Gasteiger partial charge in [-0.05, 0) is 61.3 Å². The summed E-state index contributed by atoms with van der Waals surface area (Å²) in [6.07, 6.45) is 6.82. The Bertz CT molecular complexity index is 877. The van der Waals surface area contributed by atoms with E-state index in [-0.39, 0.29) is 5.91 Å². The molecule has 0 N–H and O–H groups in total. The van der Waals surface area contributed by atoms with Gasteiger partial charge < -0.3 is 9.64 Å². The number of nitrogens with zero attached hydrogens (tertiary/aromatic N) is 4. The number of aromatic nitrogens is 2. The van der Waals surface area contributed by atoms with Crippen molar-refractivity contribution in [3.8, 4) is 5.75 Å². The highest BCUT2D eigenvalue weighted by molar-refractivity contribution is 5.92. The fourth-order valence-corrected chi connectivity index (χ4v) is 5.85. The van der Waals surface area contributed by atoms with Crippen LogP contribution in [0.1, 0.15) is 47.8 Å². The van der Waals surface area contributed by atoms with Gasteiger partial charge in [0.05, 0.1) is 7.11 Å². The Morgan fingerprint density at radius 2 is 1.93 bits per heavy atom. The molecule has 29 heavy (non-hydrogen) atoms. The lowest BCUT2D eigenvalue weighted by atomic mass is 9.74. The summed E-state index contributed by atoms with van der Waals surface area (Å²) in [5.41, 5.74) is 1.97. The van der Waals surface area contributed by atoms with Crippen molar-refractivity contribution in [2.45, 2.75) is 37.8 Å². The predicted molar refractivity (Wildman–Crippen MR) is 111 cm³/mol. The highest BCUT2D eigenvalue weighted by atomic mass is 16.5. The zero-order valence-electron chi connectivity index (χ0n) is 17.3. The zero-order chi connectivity index (χ0) is 20.0. The minimum Gasteiger partial charge on any atom is -0.497 e. The van der Waals surface area contributed by atoms with E-state index >= 15 is 0 Å². The SMILES string of the molecule is COc1ccc([C@H]2CCC[C@H]3[C@@H]4C[C@@H](CN(C(=O)c5ccn(C)n5)C4)CN23)cc1. The number of hydrogen-bond acceptors (Lipinski definition) is 4. The first-order valence-electron chi connectivity index (χ1n) is 10.8. The molecule has 4 atom stereocenters. The van der Waals surface area contributed by atoms with Crippen molar-refractivity contribution >= 4 is 5.91 Å². The molecule has 2 bridgehead atoms. The Morgan fingerprint density at radius 3 is 2.66 bits per heavy atom. The van der Waals surface area contributed by atoms with Crippen molar-refractivity contribution in [1.82, 2.24) is 19.6 Å². The molecule has 0 radical (unpaired) electrons. The Labute approximate surface area is 172 Å². The standard InChI is InChI=1S/C23H30N4O2/c1-25-11-10-20(24-25)23(28)26-13-16-12-18(15-26)22-5-3-4-21(27(22)14-16)17-6-8-19(29-2)9-7-17/h6-11,16,18,21-22H,3-5,12-15H2,1-2H3/t16-,18+,21+,22-/m0/s1. The Kier molecular flexibility index (Phi) is 4.82. The molecule has 1 aromatic heterocycles. The maximum Gasteiger partial charge on any atom is 0.274 e. The largest absolute Gasteiger partial charge is 0.497 e. The fourth-order valence-electron chi connectivity index (χ4n) is 5.85. The van der Waals surface area contributed by atoms with Crippen molar-refractivity contribution in [2.75, 3.05) is 26.7 Å². The van der Waals surface area contributed by atoms with E-state index in [1.54, 1.807) is 11.8 Å². The van der Waals surface area contributed by atoms with Crippen molar-refractivity contribution in [3.63, 3.8) is 0 Å². The number of rotatable bonds is 3. The maximum atomic E-state index is 13.0. The van der Waals surface area contributed by atoms with Gasteiger partial charge in [0, 0.05) is 45.0 Å². The van der Waals surface area contributed by atoms with E-state index in [0.29, 0.717) is 29.6 Å². The van der Waals surface area contributed by atoms with Crippen molar-refractivity contribution < 1.29 is 9.53 Å². The Hall–Kier alpha value is -2.34. The molecule has 3 saturated heterocycles. The molecular formula is C23H30N4O2. The third-order valence-electron chi connectivity index (χ3n) is 7.11. The molecule has 1 amide bonds. The van der Waals surface area contributed by atoms with E-state index in [1.807, 2.05) is 19.3 Å². The number of amides is 1. The van der Waals surface area contributed by atoms with Gasteiger partial charge in [-0.25, -0.2) is 0 Å². The molecule has 5 rings (SSSR count). The third-order valence-corrected chi connectivity index (χ3v) is 7.11. The number of ether oxygens (including phenoxy) is 1. The van der Waals surface area contributed by atoms with Gasteiger partial charge in [-0.3, -0.25) is 14.4 Å². The average Bonchev–Trinajstić information content (AvgIpc) is 3.19. The molecule has 0 saturated carbocycles. The van der Waals surface area contributed by atoms with Gasteiger partial charge in [0.25, 0.3) is 5.91 Å². The summed E-state index contributed by atoms with van der Waals surface area (Å²) in [6, 6.07) is 11.5. The molecule has 2 aromatic rings. The second kappa shape index (κ2) is 7.48. The van der Waals surface area contributed by atoms with Crippen LogP contribution in [0, 0.1) is 11.8 Å². The van der Waals surface area contributed by atoms with Crippen LogP contribution in [-0.4, -0.2) is 58.3 Å². The molecule has 0 unspecified atom stereocenters. The summed E-state index contributed by atoms with van der Waals surface area (Å²) >= 11 is 0. The van der Waals surface area contributed by atoms with Gasteiger partial charge in [0.15, 0.2) is 0 Å². The van der Waals surface area contributed by atoms with Crippen LogP contribution >= 0.6 is 0 Å². The highest BCUT2D eigenvalue weighted by Gasteiger charge is 2.45. The summed E-state index contributed by atoms with van der Waals surface area (Å²) in [5.74, 6) is 2.13. The topological polar surface area (TPSA) is 50.6 Å². The number of piperidine rings is 3. The minimum atomic E-state index is 0.0938. The van der Waals surface area contributed by atoms with E-state index in [4.69, 9.17) is 4.74 Å². The van der Waals surface area contributed by atoms with E-state index in [0.717, 1.165) is 25.4 Å². The van der Waals surface area contributed by atoms with Gasteiger partial charge >= 0.3 is 0 Å². The van der Waals surface area contributed by atoms with Gasteiger partial charge in [0.1, 0.15) is 11.4 Å². The smallest absolute Gasteiger partial charge is 0.274 e. The fraction of sp³-hybridized carbons (Fsp3) is 0.565. The van der Waals surface area contributed by atoms with Crippen LogP contribution in [0.4, 0.5) is 0 Å². The molecule has 3 aliphatic heterocycles. The Morgan fingerprint density at radius 1 is 1.10 bits per heavy atom. The Balaban J connectivity index is 1.34. The molecule has 3 aliphatic rings. The first kappa shape index (κ1) is 18.7. The molecule has 6 nitrogen and oxygen atoms in total. The van der Waals surface area contributed by atoms with Crippen LogP contribution < -0.4 is 4.74 Å². The number of carbonyl (C=O) groups is 1. The highest BCUT2D eigenvalue weighted by Crippen LogP contribution is 2.44. The monoisotopic (exact) mass is 394 g/mol. The van der Waals surface area contributed by atoms with Crippen LogP contribution in [0.2, 0.25) is 0 Å². The number of hydrogen-bond donors (Lipinski definition) is 0. The van der Waals surface area contributed by atoms with Gasteiger partial charge in [-0.2, -0.15) is 5.10 Å². The average molecular weight is 395 g/mol. The van der Waals surface area contributed by atoms with E-state index < -0.39 is 0 Å². The molecule has 3 fully saturated rings. The van der Waals surface area contributed by atoms with Crippen LogP contribution in [0.5, 0.6) is 5.75 Å². The normalized spacial score (nSPS) is 29.4. The number of fused-ring (bicyclic) bond motifs is 4. The zero-order valence-corrected chi connectivity index (χ0v) is 17.3. The molecule has 4 heterocycles. The number of likely N-dealkylation sites (tertiary alicyclic amines) is 1. The van der Waals surface area contributed by atoms with E-state index in [9.17, 15) is 4.79 Å². The molecule has 154 valence electrons. The summed E-state index contributed by atoms with van der Waals surface area (Å²) in [4.78, 5) is 17.8. The van der Waals surface area contributed by atoms with Crippen molar-refractivity contribution in [3.05, 3.63) is 47.8 Å². The second-order valence-corrected chi connectivity index (χ2v) is 8.93. The third kappa shape index (κ3) is 3.44. The lowest BCUT2D eigenvalue weighted by molar-refractivity contribution is -0.0512. The summed E-state index contributed by atoms with van der Waals surface area (Å²) in [7, 11) is 3.58. The number of aryl methyl sites for hydroxylation is 1. The lowest BCUT2D eigenvalue weighted by Crippen LogP contribution is -2.60. The van der Waals surface area contributed by atoms with Gasteiger partial charge in [-0.15, -0.1) is 0 Å². The van der Waals surface area contributed by atoms with Crippen molar-refractivity contribution in [2.24, 2.45) is 18.9 Å². The summed E-state index contributed by atoms with van der Waals surface area (Å²) in [5, 5.41) is 4.33. The van der Waals surface area contributed by atoms with Crippen LogP contribution in [-0.2, 0) is 7.05 Å². The minimum absolute atomic E-state index is 0.0938. The van der Waals surface area contributed by atoms with Gasteiger partial charge in [-0.1, -0.05) is 12.1 Å². The predicted octanol–water partition coefficient (Wildman–Crippen LogP) is 3.12. The molecule has 1 aromatic carbocycles. The summed E-state index contributed by atoms with van der Waals surface area (Å²) < 4.78 is 7.05. The molecule has 0 spiro atoms. The van der Waals surface area contributed by atoms with Crippen molar-refractivity contribution in [1.29, 1.82) is 0 Å². The molecule has 0 aliphatic carbocycles. The van der Waals surface area contributed by atoms with Crippen LogP contribution in [0.15, 0.2) is 36.5 Å². The number of benzene rings is 1. The molecule has 6 heteroatoms. The number of methoxy groups -OCH3 is 1. The van der Waals surface area contributed by atoms with E-state index in [1.165, 1.54) is 31.2 Å². The lowest BCUT2D eigenvalue weighted by Gasteiger charge is -2.55. The van der Waals surface area contributed by atoms with Gasteiger partial charge in [0.2, 0.25) is 0 Å². The van der Waals surface area contributed by atoms with Crippen LogP contribution in [0.25, 0.3) is 0 Å². The first-order valence-corrected chi connectivity index (χ1v) is 10.8. The van der Waals surface area contributed by atoms with Crippen LogP contribution in [0.3, 0.4) is 0 Å².